The lowest BCUT2D eigenvalue weighted by Gasteiger charge is -2.56. The molecule has 9 rings (SSSR count). The van der Waals surface area contributed by atoms with Crippen LogP contribution in [0, 0.1) is 11.8 Å². The number of carbonyl (C=O) groups is 4. The van der Waals surface area contributed by atoms with E-state index in [4.69, 9.17) is 14.2 Å². The van der Waals surface area contributed by atoms with Gasteiger partial charge in [-0.3, -0.25) is 19.3 Å². The summed E-state index contributed by atoms with van der Waals surface area (Å²) in [5.41, 5.74) is 4.61. The van der Waals surface area contributed by atoms with Crippen molar-refractivity contribution in [3.63, 3.8) is 0 Å². The van der Waals surface area contributed by atoms with Gasteiger partial charge in [0.25, 0.3) is 11.8 Å². The number of anilines is 1. The number of ether oxygens (including phenoxy) is 3. The average Bonchev–Trinajstić information content (AvgIpc) is 3.60. The van der Waals surface area contributed by atoms with Crippen LogP contribution in [0.1, 0.15) is 52.0 Å². The Morgan fingerprint density at radius 3 is 2.22 bits per heavy atom. The molecular weight excluding hydrogens is 674 g/mol. The molecule has 13 N–H and O–H groups in total. The number of carboxylic acid groups (broad SMARTS) is 1. The van der Waals surface area contributed by atoms with Crippen LogP contribution < -0.4 is 24.4 Å². The number of quaternary nitrogens is 1. The molecule has 17 nitrogen and oxygen atoms in total. The van der Waals surface area contributed by atoms with Gasteiger partial charge in [0.1, 0.15) is 6.04 Å². The third kappa shape index (κ3) is 5.84. The van der Waals surface area contributed by atoms with Gasteiger partial charge in [-0.25, -0.2) is 0 Å². The molecule has 2 aromatic carbocycles. The number of hydrogen-bond acceptors (Lipinski definition) is 8. The number of fused-ring (bicyclic) bond motifs is 3. The van der Waals surface area contributed by atoms with Gasteiger partial charge < -0.3 is 66.8 Å². The molecule has 6 heterocycles. The second-order valence-electron chi connectivity index (χ2n) is 13.1. The molecular formula is C34H47N3O14. The molecule has 3 amide bonds. The largest absolute Gasteiger partial charge is 0.550 e. The second-order valence-corrected chi connectivity index (χ2v) is 13.1. The number of nitrogens with zero attached hydrogens (tertiary/aromatic N) is 2. The lowest BCUT2D eigenvalue weighted by Crippen LogP contribution is -3.16. The first kappa shape index (κ1) is 42.7. The highest BCUT2D eigenvalue weighted by molar-refractivity contribution is 6.21. The topological polar surface area (TPSA) is 319 Å². The molecule has 7 aliphatic rings. The van der Waals surface area contributed by atoms with Crippen molar-refractivity contribution >= 4 is 29.4 Å². The van der Waals surface area contributed by atoms with Crippen LogP contribution in [0.25, 0.3) is 0 Å². The molecule has 0 aromatic heterocycles. The monoisotopic (exact) mass is 721 g/mol. The normalized spacial score (nSPS) is 28.8. The SMILES string of the molecule is COc1cc2c(cc1OC)[C@@]13CC[NH+]4CC5=CCO[C@H]6CC(=O)N2[C@H]1[C@H]6[C@H]5C[C@H]43.O.O.O.O.O.O.O=C([O-])CCN1C(=O)c2ccccc2C1=O. The Bertz CT molecular complexity index is 1660. The van der Waals surface area contributed by atoms with Crippen LogP contribution in [0.2, 0.25) is 0 Å². The maximum atomic E-state index is 13.5. The molecule has 7 atom stereocenters. The van der Waals surface area contributed by atoms with Gasteiger partial charge in [-0.15, -0.1) is 0 Å². The predicted molar refractivity (Wildman–Crippen MR) is 179 cm³/mol. The minimum atomic E-state index is -1.28. The van der Waals surface area contributed by atoms with E-state index in [1.54, 1.807) is 49.0 Å². The summed E-state index contributed by atoms with van der Waals surface area (Å²) in [4.78, 5) is 51.9. The van der Waals surface area contributed by atoms with Crippen LogP contribution in [0.15, 0.2) is 48.0 Å². The highest BCUT2D eigenvalue weighted by atomic mass is 16.5. The third-order valence-corrected chi connectivity index (χ3v) is 11.4. The first-order valence-corrected chi connectivity index (χ1v) is 15.7. The highest BCUT2D eigenvalue weighted by Crippen LogP contribution is 2.63. The molecule has 1 aliphatic carbocycles. The van der Waals surface area contributed by atoms with Crippen molar-refractivity contribution in [2.45, 2.75) is 49.3 Å². The van der Waals surface area contributed by atoms with Crippen molar-refractivity contribution in [3.8, 4) is 11.5 Å². The molecule has 0 radical (unpaired) electrons. The number of nitrogens with one attached hydrogen (secondary N) is 1. The van der Waals surface area contributed by atoms with Gasteiger partial charge >= 0.3 is 0 Å². The van der Waals surface area contributed by atoms with E-state index >= 15 is 0 Å². The van der Waals surface area contributed by atoms with Gasteiger partial charge in [-0.2, -0.15) is 0 Å². The lowest BCUT2D eigenvalue weighted by molar-refractivity contribution is -0.916. The summed E-state index contributed by atoms with van der Waals surface area (Å²) in [5.74, 6) is 0.467. The number of carboxylic acids is 1. The van der Waals surface area contributed by atoms with Gasteiger partial charge in [-0.05, 0) is 35.3 Å². The first-order valence-electron chi connectivity index (χ1n) is 15.7. The van der Waals surface area contributed by atoms with E-state index in [9.17, 15) is 24.3 Å². The number of carbonyl (C=O) groups excluding carboxylic acids is 4. The Morgan fingerprint density at radius 1 is 0.980 bits per heavy atom. The second kappa shape index (κ2) is 15.4. The van der Waals surface area contributed by atoms with Crippen LogP contribution in [0.5, 0.6) is 11.5 Å². The summed E-state index contributed by atoms with van der Waals surface area (Å²) in [6.07, 6.45) is 4.88. The van der Waals surface area contributed by atoms with Crippen molar-refractivity contribution in [2.75, 3.05) is 45.4 Å². The predicted octanol–water partition coefficient (Wildman–Crippen LogP) is -4.83. The minimum Gasteiger partial charge on any atom is -0.550 e. The van der Waals surface area contributed by atoms with E-state index in [1.807, 2.05) is 0 Å². The smallest absolute Gasteiger partial charge is 0.261 e. The molecule has 1 unspecified atom stereocenters. The van der Waals surface area contributed by atoms with Crippen molar-refractivity contribution in [3.05, 3.63) is 64.7 Å². The number of amides is 3. The van der Waals surface area contributed by atoms with Gasteiger partial charge in [0.2, 0.25) is 5.91 Å². The Labute approximate surface area is 293 Å². The maximum Gasteiger partial charge on any atom is 0.261 e. The van der Waals surface area contributed by atoms with Crippen LogP contribution in [0.4, 0.5) is 5.69 Å². The molecule has 282 valence electrons. The Balaban J connectivity index is 0.000000360. The molecule has 1 spiro atoms. The van der Waals surface area contributed by atoms with Crippen molar-refractivity contribution in [1.29, 1.82) is 0 Å². The number of benzene rings is 2. The number of imide groups is 1. The van der Waals surface area contributed by atoms with E-state index < -0.39 is 17.8 Å². The number of rotatable bonds is 5. The quantitative estimate of drug-likeness (QED) is 0.230. The summed E-state index contributed by atoms with van der Waals surface area (Å²) < 4.78 is 17.6. The van der Waals surface area contributed by atoms with E-state index in [-0.39, 0.29) is 69.3 Å². The molecule has 2 bridgehead atoms. The van der Waals surface area contributed by atoms with E-state index in [0.717, 1.165) is 29.3 Å². The fourth-order valence-electron chi connectivity index (χ4n) is 9.74. The van der Waals surface area contributed by atoms with Crippen LogP contribution in [-0.4, -0.2) is 120 Å². The van der Waals surface area contributed by atoms with Crippen molar-refractivity contribution in [1.82, 2.24) is 4.90 Å². The minimum absolute atomic E-state index is 0. The standard InChI is InChI=1S/C23H26N2O4.C11H9NO4.6H2O/c1-27-16-8-14-15(9-17(16)28-2)25-20(26)10-18-21-13-7-19-23(14,22(21)25)4-5-24(19)11-12(13)3-6-29-18;13-9(14)5-6-12-10(15)7-3-1-2-4-8(7)11(12)16;;;;;;/h3,8-9,13,18-19,21-22H,4-7,10-11H2,1-2H3;1-4H,5-6H2,(H,13,14);6*1H2/t13-,18-,19-,21-,22-,23+;;;;;;;/m0......./s1. The fourth-order valence-corrected chi connectivity index (χ4v) is 9.74. The zero-order valence-corrected chi connectivity index (χ0v) is 28.2. The Morgan fingerprint density at radius 2 is 1.61 bits per heavy atom. The molecule has 4 fully saturated rings. The molecule has 2 aromatic rings. The number of hydrogen-bond donors (Lipinski definition) is 1. The Kier molecular flexibility index (Phi) is 12.9. The van der Waals surface area contributed by atoms with E-state index in [0.29, 0.717) is 47.8 Å². The van der Waals surface area contributed by atoms with Gasteiger partial charge in [-0.1, -0.05) is 18.2 Å². The van der Waals surface area contributed by atoms with Crippen LogP contribution in [0.3, 0.4) is 0 Å². The molecule has 51 heavy (non-hydrogen) atoms. The average molecular weight is 722 g/mol. The third-order valence-electron chi connectivity index (χ3n) is 11.4. The van der Waals surface area contributed by atoms with E-state index in [1.165, 1.54) is 18.5 Å². The number of methoxy groups -OCH3 is 2. The summed E-state index contributed by atoms with van der Waals surface area (Å²) in [6.45, 7) is 2.84. The van der Waals surface area contributed by atoms with Crippen molar-refractivity contribution in [2.24, 2.45) is 11.8 Å². The summed E-state index contributed by atoms with van der Waals surface area (Å²) in [5, 5.41) is 10.3. The maximum absolute atomic E-state index is 13.5. The summed E-state index contributed by atoms with van der Waals surface area (Å²) >= 11 is 0. The number of aliphatic carboxylic acids is 1. The Hall–Kier alpha value is -4.46. The van der Waals surface area contributed by atoms with Crippen LogP contribution >= 0.6 is 0 Å². The molecule has 3 saturated heterocycles. The highest BCUT2D eigenvalue weighted by Gasteiger charge is 2.73. The zero-order chi connectivity index (χ0) is 31.2. The molecule has 1 saturated carbocycles. The van der Waals surface area contributed by atoms with Crippen LogP contribution in [-0.2, 0) is 19.7 Å². The van der Waals surface area contributed by atoms with Gasteiger partial charge in [0, 0.05) is 43.8 Å². The van der Waals surface area contributed by atoms with E-state index in [2.05, 4.69) is 23.1 Å². The molecule has 6 aliphatic heterocycles. The van der Waals surface area contributed by atoms with Gasteiger partial charge in [0.05, 0.1) is 74.7 Å². The first-order chi connectivity index (χ1) is 21.8. The summed E-state index contributed by atoms with van der Waals surface area (Å²) in [6, 6.07) is 11.4. The summed E-state index contributed by atoms with van der Waals surface area (Å²) in [7, 11) is 3.37. The van der Waals surface area contributed by atoms with Gasteiger partial charge in [0.15, 0.2) is 11.5 Å². The number of piperidine rings is 2. The molecule has 17 heteroatoms. The fraction of sp³-hybridized carbons (Fsp3) is 0.471. The van der Waals surface area contributed by atoms with Crippen molar-refractivity contribution < 1.29 is 76.3 Å². The lowest BCUT2D eigenvalue weighted by atomic mass is 9.53. The zero-order valence-electron chi connectivity index (χ0n) is 28.2.